The third kappa shape index (κ3) is 5.43. The van der Waals surface area contributed by atoms with Gasteiger partial charge < -0.3 is 15.1 Å². The zero-order valence-electron chi connectivity index (χ0n) is 16.7. The molecule has 0 spiro atoms. The van der Waals surface area contributed by atoms with Gasteiger partial charge in [0.15, 0.2) is 4.34 Å². The van der Waals surface area contributed by atoms with E-state index in [0.717, 1.165) is 57.6 Å². The van der Waals surface area contributed by atoms with Crippen molar-refractivity contribution in [1.82, 2.24) is 9.88 Å². The molecule has 0 unspecified atom stereocenters. The summed E-state index contributed by atoms with van der Waals surface area (Å²) in [6, 6.07) is 16.1. The molecule has 0 aliphatic carbocycles. The Morgan fingerprint density at radius 2 is 1.87 bits per heavy atom. The predicted molar refractivity (Wildman–Crippen MR) is 131 cm³/mol. The van der Waals surface area contributed by atoms with Gasteiger partial charge in [0.2, 0.25) is 5.91 Å². The zero-order valence-corrected chi connectivity index (χ0v) is 19.9. The van der Waals surface area contributed by atoms with Crippen LogP contribution in [0.5, 0.6) is 0 Å². The Hall–Kier alpha value is -1.87. The Kier molecular flexibility index (Phi) is 7.09. The average molecular weight is 503 g/mol. The van der Waals surface area contributed by atoms with Gasteiger partial charge in [0.05, 0.1) is 22.8 Å². The first-order valence-electron chi connectivity index (χ1n) is 9.75. The molecule has 2 aromatic carbocycles. The SMILES string of the molecule is CN1CCN(c2ccccc2NC(=O)CSc2nc(-c3ccc(Br)cc3)cs2)CC1. The number of thiazole rings is 1. The summed E-state index contributed by atoms with van der Waals surface area (Å²) in [6.07, 6.45) is 0. The van der Waals surface area contributed by atoms with E-state index in [1.807, 2.05) is 47.8 Å². The van der Waals surface area contributed by atoms with E-state index in [4.69, 9.17) is 0 Å². The van der Waals surface area contributed by atoms with Crippen molar-refractivity contribution in [1.29, 1.82) is 0 Å². The molecule has 30 heavy (non-hydrogen) atoms. The molecule has 2 heterocycles. The topological polar surface area (TPSA) is 48.5 Å². The molecule has 1 amide bonds. The van der Waals surface area contributed by atoms with E-state index < -0.39 is 0 Å². The molecular weight excluding hydrogens is 480 g/mol. The monoisotopic (exact) mass is 502 g/mol. The summed E-state index contributed by atoms with van der Waals surface area (Å²) in [6.45, 7) is 4.00. The highest BCUT2D eigenvalue weighted by Crippen LogP contribution is 2.30. The molecule has 1 saturated heterocycles. The Morgan fingerprint density at radius 1 is 1.13 bits per heavy atom. The van der Waals surface area contributed by atoms with E-state index in [1.54, 1.807) is 11.3 Å². The summed E-state index contributed by atoms with van der Waals surface area (Å²) in [7, 11) is 2.14. The van der Waals surface area contributed by atoms with E-state index in [0.29, 0.717) is 5.75 Å². The number of amides is 1. The van der Waals surface area contributed by atoms with Crippen LogP contribution in [-0.2, 0) is 4.79 Å². The van der Waals surface area contributed by atoms with Crippen LogP contribution in [0.15, 0.2) is 62.7 Å². The summed E-state index contributed by atoms with van der Waals surface area (Å²) in [5.74, 6) is 0.326. The largest absolute Gasteiger partial charge is 0.367 e. The van der Waals surface area contributed by atoms with Gasteiger partial charge in [-0.15, -0.1) is 11.3 Å². The van der Waals surface area contributed by atoms with Crippen LogP contribution >= 0.6 is 39.0 Å². The van der Waals surface area contributed by atoms with Crippen molar-refractivity contribution >= 4 is 56.3 Å². The Bertz CT molecular complexity index is 1000. The van der Waals surface area contributed by atoms with Crippen molar-refractivity contribution < 1.29 is 4.79 Å². The number of hydrogen-bond donors (Lipinski definition) is 1. The highest BCUT2D eigenvalue weighted by atomic mass is 79.9. The second kappa shape index (κ2) is 9.96. The van der Waals surface area contributed by atoms with Crippen molar-refractivity contribution in [2.24, 2.45) is 0 Å². The van der Waals surface area contributed by atoms with Crippen LogP contribution in [0.2, 0.25) is 0 Å². The molecule has 3 aromatic rings. The number of rotatable bonds is 6. The molecule has 4 rings (SSSR count). The third-order valence-corrected chi connectivity index (χ3v) is 7.52. The molecule has 1 aliphatic rings. The first kappa shape index (κ1) is 21.4. The molecule has 0 bridgehead atoms. The number of anilines is 2. The minimum Gasteiger partial charge on any atom is -0.367 e. The van der Waals surface area contributed by atoms with Gasteiger partial charge in [-0.05, 0) is 31.3 Å². The van der Waals surface area contributed by atoms with Gasteiger partial charge >= 0.3 is 0 Å². The first-order valence-corrected chi connectivity index (χ1v) is 12.4. The number of carbonyl (C=O) groups excluding carboxylic acids is 1. The molecule has 0 radical (unpaired) electrons. The first-order chi connectivity index (χ1) is 14.6. The van der Waals surface area contributed by atoms with Gasteiger partial charge in [-0.1, -0.05) is 52.0 Å². The van der Waals surface area contributed by atoms with Crippen molar-refractivity contribution in [2.75, 3.05) is 49.2 Å². The fourth-order valence-electron chi connectivity index (χ4n) is 3.29. The molecule has 1 aliphatic heterocycles. The lowest BCUT2D eigenvalue weighted by molar-refractivity contribution is -0.113. The van der Waals surface area contributed by atoms with E-state index in [-0.39, 0.29) is 5.91 Å². The Morgan fingerprint density at radius 3 is 2.63 bits per heavy atom. The number of hydrogen-bond acceptors (Lipinski definition) is 6. The molecule has 156 valence electrons. The van der Waals surface area contributed by atoms with Crippen molar-refractivity contribution in [2.45, 2.75) is 4.34 Å². The molecule has 8 heteroatoms. The van der Waals surface area contributed by atoms with Gasteiger partial charge in [-0.2, -0.15) is 0 Å². The average Bonchev–Trinajstić information content (AvgIpc) is 3.23. The number of likely N-dealkylation sites (N-methyl/N-ethyl adjacent to an activating group) is 1. The highest BCUT2D eigenvalue weighted by molar-refractivity contribution is 9.10. The smallest absolute Gasteiger partial charge is 0.234 e. The summed E-state index contributed by atoms with van der Waals surface area (Å²) in [5.41, 5.74) is 3.99. The second-order valence-corrected chi connectivity index (χ2v) is 10.1. The number of piperazine rings is 1. The Balaban J connectivity index is 1.35. The molecule has 1 fully saturated rings. The maximum Gasteiger partial charge on any atom is 0.234 e. The van der Waals surface area contributed by atoms with Crippen LogP contribution in [-0.4, -0.2) is 54.8 Å². The minimum absolute atomic E-state index is 0.0121. The quantitative estimate of drug-likeness (QED) is 0.477. The number of halogens is 1. The molecule has 1 N–H and O–H groups in total. The van der Waals surface area contributed by atoms with Crippen molar-refractivity contribution in [3.05, 3.63) is 58.4 Å². The van der Waals surface area contributed by atoms with Crippen LogP contribution in [0, 0.1) is 0 Å². The summed E-state index contributed by atoms with van der Waals surface area (Å²) in [5, 5.41) is 5.12. The van der Waals surface area contributed by atoms with Gasteiger partial charge in [0.1, 0.15) is 0 Å². The highest BCUT2D eigenvalue weighted by Gasteiger charge is 2.18. The van der Waals surface area contributed by atoms with Crippen LogP contribution in [0.25, 0.3) is 11.3 Å². The van der Waals surface area contributed by atoms with Gasteiger partial charge in [0, 0.05) is 41.6 Å². The maximum atomic E-state index is 12.6. The van der Waals surface area contributed by atoms with Crippen LogP contribution in [0.1, 0.15) is 0 Å². The second-order valence-electron chi connectivity index (χ2n) is 7.15. The summed E-state index contributed by atoms with van der Waals surface area (Å²) >= 11 is 6.50. The van der Waals surface area contributed by atoms with E-state index >= 15 is 0 Å². The molecular formula is C22H23BrN4OS2. The molecule has 0 saturated carbocycles. The minimum atomic E-state index is -0.0121. The van der Waals surface area contributed by atoms with Crippen LogP contribution in [0.4, 0.5) is 11.4 Å². The zero-order chi connectivity index (χ0) is 20.9. The number of nitrogens with zero attached hydrogens (tertiary/aromatic N) is 3. The normalized spacial score (nSPS) is 14.7. The van der Waals surface area contributed by atoms with E-state index in [2.05, 4.69) is 49.1 Å². The van der Waals surface area contributed by atoms with Gasteiger partial charge in [-0.3, -0.25) is 4.79 Å². The lowest BCUT2D eigenvalue weighted by Crippen LogP contribution is -2.44. The number of benzene rings is 2. The standard InChI is InChI=1S/C22H23BrN4OS2/c1-26-10-12-27(13-11-26)20-5-3-2-4-18(20)24-21(28)15-30-22-25-19(14-29-22)16-6-8-17(23)9-7-16/h2-9,14H,10-13,15H2,1H3,(H,24,28). The maximum absolute atomic E-state index is 12.6. The lowest BCUT2D eigenvalue weighted by atomic mass is 10.2. The van der Waals surface area contributed by atoms with E-state index in [9.17, 15) is 4.79 Å². The molecule has 0 atom stereocenters. The number of nitrogens with one attached hydrogen (secondary N) is 1. The predicted octanol–water partition coefficient (Wildman–Crippen LogP) is 5.06. The van der Waals surface area contributed by atoms with Crippen molar-refractivity contribution in [3.8, 4) is 11.3 Å². The lowest BCUT2D eigenvalue weighted by Gasteiger charge is -2.35. The number of thioether (sulfide) groups is 1. The third-order valence-electron chi connectivity index (χ3n) is 4.97. The van der Waals surface area contributed by atoms with Crippen LogP contribution in [0.3, 0.4) is 0 Å². The van der Waals surface area contributed by atoms with Crippen LogP contribution < -0.4 is 10.2 Å². The fraction of sp³-hybridized carbons (Fsp3) is 0.273. The summed E-state index contributed by atoms with van der Waals surface area (Å²) < 4.78 is 1.94. The fourth-order valence-corrected chi connectivity index (χ4v) is 5.19. The summed E-state index contributed by atoms with van der Waals surface area (Å²) in [4.78, 5) is 21.9. The molecule has 1 aromatic heterocycles. The number of aromatic nitrogens is 1. The number of para-hydroxylation sites is 2. The van der Waals surface area contributed by atoms with Gasteiger partial charge in [0.25, 0.3) is 0 Å². The number of carbonyl (C=O) groups is 1. The molecule has 5 nitrogen and oxygen atoms in total. The Labute approximate surface area is 193 Å². The van der Waals surface area contributed by atoms with Gasteiger partial charge in [-0.25, -0.2) is 4.98 Å². The van der Waals surface area contributed by atoms with Crippen molar-refractivity contribution in [3.63, 3.8) is 0 Å². The van der Waals surface area contributed by atoms with E-state index in [1.165, 1.54) is 11.8 Å².